The van der Waals surface area contributed by atoms with E-state index >= 15 is 0 Å². The Morgan fingerprint density at radius 1 is 0.974 bits per heavy atom. The van der Waals surface area contributed by atoms with Crippen molar-refractivity contribution in [3.8, 4) is 5.75 Å². The van der Waals surface area contributed by atoms with Crippen LogP contribution in [0.4, 0.5) is 5.69 Å². The molecular weight excluding hydrogens is 582 g/mol. The summed E-state index contributed by atoms with van der Waals surface area (Å²) >= 11 is 3.48. The molecule has 10 heteroatoms. The van der Waals surface area contributed by atoms with E-state index in [-0.39, 0.29) is 37.7 Å². The number of carbonyl (C=O) groups excluding carboxylic acids is 2. The number of halogens is 1. The molecule has 1 N–H and O–H groups in total. The van der Waals surface area contributed by atoms with Gasteiger partial charge in [-0.1, -0.05) is 70.5 Å². The Labute approximate surface area is 239 Å². The summed E-state index contributed by atoms with van der Waals surface area (Å²) in [5, 5.41) is 2.70. The summed E-state index contributed by atoms with van der Waals surface area (Å²) in [5.74, 6) is -0.0879. The molecule has 208 valence electrons. The second-order valence-electron chi connectivity index (χ2n) is 9.08. The van der Waals surface area contributed by atoms with Crippen LogP contribution in [0.25, 0.3) is 0 Å². The van der Waals surface area contributed by atoms with Gasteiger partial charge in [0.15, 0.2) is 0 Å². The van der Waals surface area contributed by atoms with Crippen LogP contribution in [0.1, 0.15) is 24.0 Å². The number of nitrogens with zero attached hydrogens (tertiary/aromatic N) is 2. The van der Waals surface area contributed by atoms with Gasteiger partial charge in [-0.3, -0.25) is 13.9 Å². The lowest BCUT2D eigenvalue weighted by Crippen LogP contribution is -2.49. The Morgan fingerprint density at radius 2 is 1.64 bits per heavy atom. The molecule has 0 bridgehead atoms. The normalized spacial score (nSPS) is 11.9. The number of likely N-dealkylation sites (N-methyl/N-ethyl adjacent to an activating group) is 1. The molecule has 0 aliphatic rings. The lowest BCUT2D eigenvalue weighted by Gasteiger charge is -2.31. The van der Waals surface area contributed by atoms with Crippen molar-refractivity contribution in [2.45, 2.75) is 31.8 Å². The topological polar surface area (TPSA) is 96.0 Å². The number of methoxy groups -OCH3 is 1. The lowest BCUT2D eigenvalue weighted by molar-refractivity contribution is -0.141. The van der Waals surface area contributed by atoms with E-state index in [0.29, 0.717) is 17.9 Å². The van der Waals surface area contributed by atoms with E-state index in [0.717, 1.165) is 21.9 Å². The first-order chi connectivity index (χ1) is 18.6. The molecule has 0 heterocycles. The number of hydrogen-bond donors (Lipinski definition) is 1. The molecule has 0 aromatic heterocycles. The summed E-state index contributed by atoms with van der Waals surface area (Å²) < 4.78 is 32.8. The van der Waals surface area contributed by atoms with Crippen LogP contribution in [-0.2, 0) is 32.6 Å². The molecule has 1 atom stereocenters. The van der Waals surface area contributed by atoms with Gasteiger partial charge in [-0.25, -0.2) is 8.42 Å². The van der Waals surface area contributed by atoms with Gasteiger partial charge in [0.1, 0.15) is 11.8 Å². The van der Waals surface area contributed by atoms with Crippen LogP contribution in [0.15, 0.2) is 83.3 Å². The average molecular weight is 617 g/mol. The molecule has 0 saturated heterocycles. The highest BCUT2D eigenvalue weighted by molar-refractivity contribution is 9.10. The van der Waals surface area contributed by atoms with Gasteiger partial charge >= 0.3 is 0 Å². The molecule has 8 nitrogen and oxygen atoms in total. The van der Waals surface area contributed by atoms with Crippen LogP contribution in [-0.4, -0.2) is 58.1 Å². The van der Waals surface area contributed by atoms with Crippen LogP contribution in [0.2, 0.25) is 0 Å². The SMILES string of the molecule is CNC(=O)[C@@H](Cc1ccccc1)N(Cc1cccc(Br)c1)C(=O)CCCN(c1ccccc1OC)S(C)(=O)=O. The Balaban J connectivity index is 1.86. The van der Waals surface area contributed by atoms with E-state index in [1.807, 2.05) is 54.6 Å². The van der Waals surface area contributed by atoms with E-state index in [1.54, 1.807) is 36.2 Å². The molecule has 0 fully saturated rings. The molecular formula is C29H34BrN3O5S. The monoisotopic (exact) mass is 615 g/mol. The van der Waals surface area contributed by atoms with Gasteiger partial charge < -0.3 is 15.0 Å². The number of ether oxygens (including phenoxy) is 1. The fourth-order valence-corrected chi connectivity index (χ4v) is 5.79. The minimum absolute atomic E-state index is 0.0530. The third kappa shape index (κ3) is 8.56. The summed E-state index contributed by atoms with van der Waals surface area (Å²) in [4.78, 5) is 28.4. The van der Waals surface area contributed by atoms with Gasteiger partial charge in [-0.2, -0.15) is 0 Å². The number of benzene rings is 3. The number of nitrogens with one attached hydrogen (secondary N) is 1. The van der Waals surface area contributed by atoms with Crippen LogP contribution < -0.4 is 14.4 Å². The molecule has 0 unspecified atom stereocenters. The van der Waals surface area contributed by atoms with Gasteiger partial charge in [-0.05, 0) is 41.8 Å². The Bertz CT molecular complexity index is 1370. The molecule has 3 rings (SSSR count). The number of anilines is 1. The van der Waals surface area contributed by atoms with Crippen molar-refractivity contribution in [3.05, 3.63) is 94.5 Å². The third-order valence-corrected chi connectivity index (χ3v) is 7.94. The molecule has 0 saturated carbocycles. The van der Waals surface area contributed by atoms with Gasteiger partial charge in [0.25, 0.3) is 0 Å². The molecule has 0 spiro atoms. The lowest BCUT2D eigenvalue weighted by atomic mass is 10.0. The van der Waals surface area contributed by atoms with Gasteiger partial charge in [0.2, 0.25) is 21.8 Å². The van der Waals surface area contributed by atoms with E-state index in [2.05, 4.69) is 21.2 Å². The fourth-order valence-electron chi connectivity index (χ4n) is 4.37. The minimum Gasteiger partial charge on any atom is -0.495 e. The minimum atomic E-state index is -3.64. The number of para-hydroxylation sites is 2. The average Bonchev–Trinajstić information content (AvgIpc) is 2.92. The van der Waals surface area contributed by atoms with Crippen molar-refractivity contribution in [3.63, 3.8) is 0 Å². The largest absolute Gasteiger partial charge is 0.495 e. The summed E-state index contributed by atoms with van der Waals surface area (Å²) in [5.41, 5.74) is 2.21. The fraction of sp³-hybridized carbons (Fsp3) is 0.310. The first-order valence-corrected chi connectivity index (χ1v) is 15.2. The maximum Gasteiger partial charge on any atom is 0.242 e. The van der Waals surface area contributed by atoms with E-state index in [9.17, 15) is 18.0 Å². The highest BCUT2D eigenvalue weighted by atomic mass is 79.9. The van der Waals surface area contributed by atoms with Crippen molar-refractivity contribution in [2.75, 3.05) is 31.3 Å². The number of carbonyl (C=O) groups is 2. The van der Waals surface area contributed by atoms with Gasteiger partial charge in [-0.15, -0.1) is 0 Å². The first kappa shape index (κ1) is 30.2. The first-order valence-electron chi connectivity index (χ1n) is 12.5. The molecule has 39 heavy (non-hydrogen) atoms. The van der Waals surface area contributed by atoms with Crippen molar-refractivity contribution < 1.29 is 22.7 Å². The van der Waals surface area contributed by atoms with E-state index in [1.165, 1.54) is 11.4 Å². The molecule has 2 amide bonds. The van der Waals surface area contributed by atoms with Gasteiger partial charge in [0, 0.05) is 37.5 Å². The molecule has 3 aromatic carbocycles. The summed E-state index contributed by atoms with van der Waals surface area (Å²) in [6.07, 6.45) is 1.78. The smallest absolute Gasteiger partial charge is 0.242 e. The maximum absolute atomic E-state index is 13.7. The Kier molecular flexibility index (Phi) is 10.9. The second kappa shape index (κ2) is 14.1. The zero-order valence-electron chi connectivity index (χ0n) is 22.3. The second-order valence-corrected chi connectivity index (χ2v) is 11.9. The summed E-state index contributed by atoms with van der Waals surface area (Å²) in [7, 11) is -0.602. The highest BCUT2D eigenvalue weighted by Gasteiger charge is 2.30. The zero-order valence-corrected chi connectivity index (χ0v) is 24.7. The van der Waals surface area contributed by atoms with Crippen molar-refractivity contribution in [1.29, 1.82) is 0 Å². The van der Waals surface area contributed by atoms with Crippen LogP contribution in [0.5, 0.6) is 5.75 Å². The quantitative estimate of drug-likeness (QED) is 0.308. The molecule has 0 radical (unpaired) electrons. The highest BCUT2D eigenvalue weighted by Crippen LogP contribution is 2.30. The van der Waals surface area contributed by atoms with Gasteiger partial charge in [0.05, 0.1) is 19.1 Å². The standard InChI is InChI=1S/C29H34BrN3O5S/c1-31-29(35)26(20-22-11-5-4-6-12-22)32(21-23-13-9-14-24(30)19-23)28(34)17-10-18-33(39(3,36)37)25-15-7-8-16-27(25)38-2/h4-9,11-16,19,26H,10,17-18,20-21H2,1-3H3,(H,31,35)/t26-/m1/s1. The number of hydrogen-bond acceptors (Lipinski definition) is 5. The van der Waals surface area contributed by atoms with Crippen molar-refractivity contribution in [2.24, 2.45) is 0 Å². The van der Waals surface area contributed by atoms with Crippen LogP contribution >= 0.6 is 15.9 Å². The van der Waals surface area contributed by atoms with E-state index in [4.69, 9.17) is 4.74 Å². The van der Waals surface area contributed by atoms with E-state index < -0.39 is 16.1 Å². The third-order valence-electron chi connectivity index (χ3n) is 6.27. The van der Waals surface area contributed by atoms with Crippen LogP contribution in [0, 0.1) is 0 Å². The summed E-state index contributed by atoms with van der Waals surface area (Å²) in [6.45, 7) is 0.310. The number of rotatable bonds is 13. The predicted octanol–water partition coefficient (Wildman–Crippen LogP) is 4.39. The number of amides is 2. The maximum atomic E-state index is 13.7. The van der Waals surface area contributed by atoms with Crippen LogP contribution in [0.3, 0.4) is 0 Å². The Hall–Kier alpha value is -3.37. The van der Waals surface area contributed by atoms with Crippen molar-refractivity contribution >= 4 is 43.5 Å². The zero-order chi connectivity index (χ0) is 28.4. The van der Waals surface area contributed by atoms with Crippen molar-refractivity contribution in [1.82, 2.24) is 10.2 Å². The predicted molar refractivity (Wildman–Crippen MR) is 157 cm³/mol. The molecule has 3 aromatic rings. The Morgan fingerprint density at radius 3 is 2.28 bits per heavy atom. The summed E-state index contributed by atoms with van der Waals surface area (Å²) in [6, 6.07) is 23.3. The molecule has 0 aliphatic carbocycles. The number of sulfonamides is 1. The molecule has 0 aliphatic heterocycles.